The fourth-order valence-electron chi connectivity index (χ4n) is 3.65. The summed E-state index contributed by atoms with van der Waals surface area (Å²) in [6.07, 6.45) is 3.02. The molecule has 0 spiro atoms. The van der Waals surface area contributed by atoms with Crippen LogP contribution in [0.4, 0.5) is 0 Å². The lowest BCUT2D eigenvalue weighted by Gasteiger charge is -2.10. The molecule has 0 amide bonds. The summed E-state index contributed by atoms with van der Waals surface area (Å²) in [7, 11) is 0. The molecule has 168 valence electrons. The molecule has 32 heavy (non-hydrogen) atoms. The molecule has 0 aliphatic carbocycles. The molecule has 0 saturated carbocycles. The molecule has 0 atom stereocenters. The highest BCUT2D eigenvalue weighted by Crippen LogP contribution is 2.18. The highest BCUT2D eigenvalue weighted by molar-refractivity contribution is 6.28. The van der Waals surface area contributed by atoms with Gasteiger partial charge in [-0.2, -0.15) is 9.78 Å². The number of aromatic nitrogens is 8. The van der Waals surface area contributed by atoms with Gasteiger partial charge in [-0.25, -0.2) is 4.79 Å². The third-order valence-electron chi connectivity index (χ3n) is 5.40. The van der Waals surface area contributed by atoms with Gasteiger partial charge < -0.3 is 4.98 Å². The molecule has 4 aromatic rings. The van der Waals surface area contributed by atoms with Gasteiger partial charge >= 0.3 is 5.69 Å². The smallest absolute Gasteiger partial charge is 0.323 e. The molecule has 1 aromatic carbocycles. The molecule has 3 heterocycles. The summed E-state index contributed by atoms with van der Waals surface area (Å²) in [5.41, 5.74) is 1.83. The van der Waals surface area contributed by atoms with Crippen LogP contribution in [0.3, 0.4) is 0 Å². The van der Waals surface area contributed by atoms with Crippen LogP contribution in [0.15, 0.2) is 33.9 Å². The van der Waals surface area contributed by atoms with Gasteiger partial charge in [0.05, 0.1) is 6.54 Å². The average molecular weight is 457 g/mol. The second-order valence-corrected chi connectivity index (χ2v) is 8.06. The van der Waals surface area contributed by atoms with Crippen LogP contribution < -0.4 is 11.2 Å². The van der Waals surface area contributed by atoms with Crippen molar-refractivity contribution >= 4 is 22.8 Å². The van der Waals surface area contributed by atoms with E-state index in [2.05, 4.69) is 25.4 Å². The zero-order chi connectivity index (χ0) is 22.7. The highest BCUT2D eigenvalue weighted by Gasteiger charge is 2.16. The van der Waals surface area contributed by atoms with Crippen molar-refractivity contribution in [2.24, 2.45) is 0 Å². The Morgan fingerprint density at radius 1 is 1.03 bits per heavy atom. The molecular weight excluding hydrogens is 432 g/mol. The largest absolute Gasteiger partial charge is 0.332 e. The van der Waals surface area contributed by atoms with Gasteiger partial charge in [0.1, 0.15) is 0 Å². The van der Waals surface area contributed by atoms with Gasteiger partial charge in [-0.3, -0.25) is 13.9 Å². The second kappa shape index (κ2) is 9.47. The second-order valence-electron chi connectivity index (χ2n) is 7.70. The Morgan fingerprint density at radius 3 is 2.56 bits per heavy atom. The Hall–Kier alpha value is -3.27. The number of tetrazole rings is 1. The van der Waals surface area contributed by atoms with E-state index in [4.69, 9.17) is 11.6 Å². The maximum atomic E-state index is 13.0. The molecule has 0 fully saturated rings. The number of aromatic amines is 1. The summed E-state index contributed by atoms with van der Waals surface area (Å²) in [6.45, 7) is 5.35. The van der Waals surface area contributed by atoms with E-state index in [0.717, 1.165) is 24.0 Å². The zero-order valence-corrected chi connectivity index (χ0v) is 18.8. The number of aryl methyl sites for hydroxylation is 3. The van der Waals surface area contributed by atoms with Crippen molar-refractivity contribution in [3.8, 4) is 11.4 Å². The standard InChI is InChI=1S/C21H25ClN8O2/c1-3-4-11-28-18-16(23-20(22)24-18)19(31)29(21(28)32)12-7-8-13-30-26-17(25-27-30)15-10-6-5-9-14(15)2/h5-6,9-10H,3-4,7-8,11-13H2,1-2H3,(H,23,24). The van der Waals surface area contributed by atoms with E-state index in [1.807, 2.05) is 38.1 Å². The summed E-state index contributed by atoms with van der Waals surface area (Å²) >= 11 is 5.96. The van der Waals surface area contributed by atoms with Gasteiger partial charge in [-0.15, -0.1) is 10.2 Å². The van der Waals surface area contributed by atoms with Gasteiger partial charge in [-0.05, 0) is 48.6 Å². The number of nitrogens with zero attached hydrogens (tertiary/aromatic N) is 7. The molecule has 0 saturated heterocycles. The molecular formula is C21H25ClN8O2. The monoisotopic (exact) mass is 456 g/mol. The van der Waals surface area contributed by atoms with Crippen molar-refractivity contribution in [1.29, 1.82) is 0 Å². The quantitative estimate of drug-likeness (QED) is 0.306. The topological polar surface area (TPSA) is 116 Å². The number of hydrogen-bond donors (Lipinski definition) is 1. The number of fused-ring (bicyclic) bond motifs is 1. The third-order valence-corrected chi connectivity index (χ3v) is 5.58. The van der Waals surface area contributed by atoms with Gasteiger partial charge in [0.15, 0.2) is 11.2 Å². The first-order valence-corrected chi connectivity index (χ1v) is 11.1. The molecule has 1 N–H and O–H groups in total. The van der Waals surface area contributed by atoms with E-state index in [0.29, 0.717) is 37.4 Å². The van der Waals surface area contributed by atoms with Crippen LogP contribution in [-0.4, -0.2) is 39.3 Å². The zero-order valence-electron chi connectivity index (χ0n) is 18.1. The van der Waals surface area contributed by atoms with Crippen molar-refractivity contribution in [3.63, 3.8) is 0 Å². The minimum atomic E-state index is -0.405. The molecule has 3 aromatic heterocycles. The number of hydrogen-bond acceptors (Lipinski definition) is 6. The van der Waals surface area contributed by atoms with E-state index in [9.17, 15) is 9.59 Å². The highest BCUT2D eigenvalue weighted by atomic mass is 35.5. The Kier molecular flexibility index (Phi) is 6.50. The number of halogens is 1. The van der Waals surface area contributed by atoms with Crippen LogP contribution in [0.5, 0.6) is 0 Å². The predicted molar refractivity (Wildman–Crippen MR) is 122 cm³/mol. The number of benzene rings is 1. The fraction of sp³-hybridized carbons (Fsp3) is 0.429. The Bertz CT molecular complexity index is 1350. The van der Waals surface area contributed by atoms with Crippen molar-refractivity contribution in [2.75, 3.05) is 0 Å². The van der Waals surface area contributed by atoms with E-state index >= 15 is 0 Å². The molecule has 10 nitrogen and oxygen atoms in total. The van der Waals surface area contributed by atoms with E-state index in [1.165, 1.54) is 9.13 Å². The van der Waals surface area contributed by atoms with Crippen molar-refractivity contribution in [3.05, 3.63) is 56.0 Å². The lowest BCUT2D eigenvalue weighted by Crippen LogP contribution is -2.40. The van der Waals surface area contributed by atoms with Gasteiger partial charge in [0.2, 0.25) is 11.1 Å². The van der Waals surface area contributed by atoms with Crippen LogP contribution in [0, 0.1) is 6.92 Å². The molecule has 4 rings (SSSR count). The molecule has 0 aliphatic rings. The van der Waals surface area contributed by atoms with E-state index in [1.54, 1.807) is 4.80 Å². The Balaban J connectivity index is 1.47. The Morgan fingerprint density at radius 2 is 1.78 bits per heavy atom. The molecule has 11 heteroatoms. The van der Waals surface area contributed by atoms with Gasteiger partial charge in [0.25, 0.3) is 5.56 Å². The summed E-state index contributed by atoms with van der Waals surface area (Å²) in [5, 5.41) is 12.8. The van der Waals surface area contributed by atoms with Gasteiger partial charge in [-0.1, -0.05) is 37.6 Å². The Labute approximate surface area is 188 Å². The number of rotatable bonds is 9. The van der Waals surface area contributed by atoms with Crippen LogP contribution in [0.1, 0.15) is 38.2 Å². The number of unbranched alkanes of at least 4 members (excludes halogenated alkanes) is 2. The van der Waals surface area contributed by atoms with E-state index < -0.39 is 5.56 Å². The summed E-state index contributed by atoms with van der Waals surface area (Å²) in [6, 6.07) is 7.88. The number of imidazole rings is 1. The normalized spacial score (nSPS) is 11.5. The number of H-pyrrole nitrogens is 1. The van der Waals surface area contributed by atoms with Crippen LogP contribution in [0.25, 0.3) is 22.6 Å². The lowest BCUT2D eigenvalue weighted by molar-refractivity contribution is 0.457. The SMILES string of the molecule is CCCCn1c(=O)n(CCCCn2nnc(-c3ccccc3C)n2)c(=O)c2[nH]c(Cl)nc21. The van der Waals surface area contributed by atoms with Crippen molar-refractivity contribution in [2.45, 2.75) is 59.2 Å². The van der Waals surface area contributed by atoms with Gasteiger partial charge in [0, 0.05) is 18.7 Å². The van der Waals surface area contributed by atoms with Crippen LogP contribution >= 0.6 is 11.6 Å². The molecule has 0 bridgehead atoms. The first kappa shape index (κ1) is 21.9. The van der Waals surface area contributed by atoms with Crippen molar-refractivity contribution < 1.29 is 0 Å². The summed E-state index contributed by atoms with van der Waals surface area (Å²) in [4.78, 5) is 34.2. The first-order valence-electron chi connectivity index (χ1n) is 10.7. The first-order chi connectivity index (χ1) is 15.5. The van der Waals surface area contributed by atoms with Crippen LogP contribution in [-0.2, 0) is 19.6 Å². The van der Waals surface area contributed by atoms with Crippen molar-refractivity contribution in [1.82, 2.24) is 39.3 Å². The molecule has 0 aliphatic heterocycles. The molecule has 0 radical (unpaired) electrons. The van der Waals surface area contributed by atoms with Crippen LogP contribution in [0.2, 0.25) is 5.28 Å². The summed E-state index contributed by atoms with van der Waals surface area (Å²) in [5.74, 6) is 0.583. The minimum Gasteiger partial charge on any atom is -0.323 e. The average Bonchev–Trinajstić information content (AvgIpc) is 3.40. The number of nitrogens with one attached hydrogen (secondary N) is 1. The maximum Gasteiger partial charge on any atom is 0.332 e. The summed E-state index contributed by atoms with van der Waals surface area (Å²) < 4.78 is 2.77. The minimum absolute atomic E-state index is 0.0983. The van der Waals surface area contributed by atoms with E-state index in [-0.39, 0.29) is 23.0 Å². The fourth-order valence-corrected chi connectivity index (χ4v) is 3.82. The third kappa shape index (κ3) is 4.36. The molecule has 0 unspecified atom stereocenters. The lowest BCUT2D eigenvalue weighted by atomic mass is 10.1. The predicted octanol–water partition coefficient (Wildman–Crippen LogP) is 2.78. The maximum absolute atomic E-state index is 13.0.